The van der Waals surface area contributed by atoms with Gasteiger partial charge in [-0.15, -0.1) is 0 Å². The molecular weight excluding hydrogens is 178 g/mol. The summed E-state index contributed by atoms with van der Waals surface area (Å²) in [5, 5.41) is 7.18. The van der Waals surface area contributed by atoms with Crippen molar-refractivity contribution >= 4 is 11.7 Å². The van der Waals surface area contributed by atoms with Gasteiger partial charge in [0.1, 0.15) is 5.84 Å². The van der Waals surface area contributed by atoms with Crippen LogP contribution in [0.25, 0.3) is 0 Å². The maximum atomic E-state index is 11.5. The van der Waals surface area contributed by atoms with Gasteiger partial charge in [0.25, 0.3) is 5.91 Å². The van der Waals surface area contributed by atoms with E-state index in [0.29, 0.717) is 11.1 Å². The van der Waals surface area contributed by atoms with Gasteiger partial charge in [-0.2, -0.15) is 0 Å². The quantitative estimate of drug-likeness (QED) is 0.533. The number of rotatable bonds is 2. The Kier molecular flexibility index (Phi) is 2.86. The van der Waals surface area contributed by atoms with Crippen molar-refractivity contribution in [1.82, 2.24) is 4.90 Å². The highest BCUT2D eigenvalue weighted by atomic mass is 16.2. The monoisotopic (exact) mass is 191 g/mol. The molecule has 4 heteroatoms. The molecule has 1 aromatic rings. The Hall–Kier alpha value is -1.84. The molecule has 3 N–H and O–H groups in total. The molecule has 0 aliphatic rings. The van der Waals surface area contributed by atoms with Crippen molar-refractivity contribution in [3.8, 4) is 0 Å². The maximum Gasteiger partial charge on any atom is 0.253 e. The van der Waals surface area contributed by atoms with Crippen LogP contribution in [0.5, 0.6) is 0 Å². The molecule has 0 heterocycles. The first-order valence-corrected chi connectivity index (χ1v) is 4.18. The first-order chi connectivity index (χ1) is 6.52. The number of nitrogen functional groups attached to an aromatic ring is 1. The highest BCUT2D eigenvalue weighted by Crippen LogP contribution is 2.05. The molecule has 1 aromatic carbocycles. The third-order valence-electron chi connectivity index (χ3n) is 1.85. The summed E-state index contributed by atoms with van der Waals surface area (Å²) < 4.78 is 0. The second-order valence-corrected chi connectivity index (χ2v) is 3.19. The fraction of sp³-hybridized carbons (Fsp3) is 0.200. The van der Waals surface area contributed by atoms with E-state index < -0.39 is 0 Å². The van der Waals surface area contributed by atoms with E-state index in [0.717, 1.165) is 0 Å². The molecule has 0 aliphatic heterocycles. The standard InChI is InChI=1S/C10H13N3O/c1-13(2)10(14)8-5-3-7(4-6-8)9(11)12/h3-6H,1-2H3,(H3,11,12). The van der Waals surface area contributed by atoms with Crippen LogP contribution in [0.3, 0.4) is 0 Å². The van der Waals surface area contributed by atoms with Crippen molar-refractivity contribution in [1.29, 1.82) is 5.41 Å². The summed E-state index contributed by atoms with van der Waals surface area (Å²) in [7, 11) is 3.39. The van der Waals surface area contributed by atoms with E-state index in [1.807, 2.05) is 0 Å². The summed E-state index contributed by atoms with van der Waals surface area (Å²) in [6, 6.07) is 6.66. The minimum absolute atomic E-state index is 0.00820. The normalized spacial score (nSPS) is 9.57. The lowest BCUT2D eigenvalue weighted by molar-refractivity contribution is 0.0827. The number of nitrogens with zero attached hydrogens (tertiary/aromatic N) is 1. The summed E-state index contributed by atoms with van der Waals surface area (Å²) in [5.74, 6) is -0.0473. The van der Waals surface area contributed by atoms with Crippen LogP contribution in [0.1, 0.15) is 15.9 Å². The predicted molar refractivity (Wildman–Crippen MR) is 55.5 cm³/mol. The smallest absolute Gasteiger partial charge is 0.253 e. The summed E-state index contributed by atoms with van der Waals surface area (Å²) in [6.07, 6.45) is 0. The van der Waals surface area contributed by atoms with Gasteiger partial charge in [0.2, 0.25) is 0 Å². The molecule has 0 saturated carbocycles. The van der Waals surface area contributed by atoms with E-state index in [1.165, 1.54) is 4.90 Å². The minimum atomic E-state index is -0.0555. The number of amides is 1. The number of hydrogen-bond donors (Lipinski definition) is 2. The van der Waals surface area contributed by atoms with Crippen molar-refractivity contribution in [2.24, 2.45) is 5.73 Å². The number of benzene rings is 1. The fourth-order valence-electron chi connectivity index (χ4n) is 1.05. The topological polar surface area (TPSA) is 70.2 Å². The van der Waals surface area contributed by atoms with Crippen molar-refractivity contribution in [2.75, 3.05) is 14.1 Å². The highest BCUT2D eigenvalue weighted by molar-refractivity contribution is 5.97. The average Bonchev–Trinajstić information content (AvgIpc) is 2.16. The summed E-state index contributed by atoms with van der Waals surface area (Å²) >= 11 is 0. The van der Waals surface area contributed by atoms with Crippen LogP contribution in [0.15, 0.2) is 24.3 Å². The van der Waals surface area contributed by atoms with Crippen LogP contribution in [0.2, 0.25) is 0 Å². The second kappa shape index (κ2) is 3.91. The Bertz CT molecular complexity index is 354. The van der Waals surface area contributed by atoms with Gasteiger partial charge in [-0.1, -0.05) is 12.1 Å². The zero-order valence-electron chi connectivity index (χ0n) is 8.24. The molecule has 14 heavy (non-hydrogen) atoms. The molecule has 0 spiro atoms. The number of carbonyl (C=O) groups is 1. The van der Waals surface area contributed by atoms with Crippen molar-refractivity contribution < 1.29 is 4.79 Å². The van der Waals surface area contributed by atoms with E-state index >= 15 is 0 Å². The molecule has 4 nitrogen and oxygen atoms in total. The van der Waals surface area contributed by atoms with E-state index in [1.54, 1.807) is 38.4 Å². The maximum absolute atomic E-state index is 11.5. The molecule has 0 saturated heterocycles. The average molecular weight is 191 g/mol. The van der Waals surface area contributed by atoms with Gasteiger partial charge in [0.15, 0.2) is 0 Å². The molecule has 0 atom stereocenters. The summed E-state index contributed by atoms with van der Waals surface area (Å²) in [5.41, 5.74) is 6.51. The first-order valence-electron chi connectivity index (χ1n) is 4.18. The van der Waals surface area contributed by atoms with E-state index in [4.69, 9.17) is 11.1 Å². The van der Waals surface area contributed by atoms with Gasteiger partial charge in [0, 0.05) is 25.2 Å². The molecule has 74 valence electrons. The first kappa shape index (κ1) is 10.2. The Morgan fingerprint density at radius 3 is 2.00 bits per heavy atom. The lowest BCUT2D eigenvalue weighted by Crippen LogP contribution is -2.21. The van der Waals surface area contributed by atoms with E-state index in [-0.39, 0.29) is 11.7 Å². The van der Waals surface area contributed by atoms with Gasteiger partial charge in [-0.25, -0.2) is 0 Å². The Morgan fingerprint density at radius 1 is 1.21 bits per heavy atom. The number of nitrogens with two attached hydrogens (primary N) is 1. The predicted octanol–water partition coefficient (Wildman–Crippen LogP) is 0.672. The highest BCUT2D eigenvalue weighted by Gasteiger charge is 2.07. The number of hydrogen-bond acceptors (Lipinski definition) is 2. The SMILES string of the molecule is CN(C)C(=O)c1ccc(C(=N)N)cc1. The molecule has 1 amide bonds. The largest absolute Gasteiger partial charge is 0.384 e. The van der Waals surface area contributed by atoms with Crippen LogP contribution in [-0.4, -0.2) is 30.7 Å². The van der Waals surface area contributed by atoms with Gasteiger partial charge in [-0.05, 0) is 12.1 Å². The molecule has 0 aliphatic carbocycles. The Balaban J connectivity index is 2.94. The lowest BCUT2D eigenvalue weighted by Gasteiger charge is -2.10. The Labute approximate surface area is 82.8 Å². The van der Waals surface area contributed by atoms with Gasteiger partial charge in [0.05, 0.1) is 0 Å². The van der Waals surface area contributed by atoms with Gasteiger partial charge >= 0.3 is 0 Å². The van der Waals surface area contributed by atoms with Gasteiger partial charge < -0.3 is 10.6 Å². The zero-order chi connectivity index (χ0) is 10.7. The third kappa shape index (κ3) is 2.10. The van der Waals surface area contributed by atoms with Crippen molar-refractivity contribution in [2.45, 2.75) is 0 Å². The molecule has 0 bridgehead atoms. The van der Waals surface area contributed by atoms with Crippen LogP contribution < -0.4 is 5.73 Å². The summed E-state index contributed by atoms with van der Waals surface area (Å²) in [4.78, 5) is 13.0. The van der Waals surface area contributed by atoms with Crippen LogP contribution >= 0.6 is 0 Å². The molecule has 0 radical (unpaired) electrons. The third-order valence-corrected chi connectivity index (χ3v) is 1.85. The van der Waals surface area contributed by atoms with Crippen LogP contribution in [0.4, 0.5) is 0 Å². The lowest BCUT2D eigenvalue weighted by atomic mass is 10.1. The zero-order valence-corrected chi connectivity index (χ0v) is 8.24. The fourth-order valence-corrected chi connectivity index (χ4v) is 1.05. The van der Waals surface area contributed by atoms with Crippen LogP contribution in [0, 0.1) is 5.41 Å². The van der Waals surface area contributed by atoms with Crippen LogP contribution in [-0.2, 0) is 0 Å². The molecule has 0 unspecified atom stereocenters. The molecule has 0 fully saturated rings. The molecular formula is C10H13N3O. The number of amidine groups is 1. The summed E-state index contributed by atoms with van der Waals surface area (Å²) in [6.45, 7) is 0. The van der Waals surface area contributed by atoms with E-state index in [2.05, 4.69) is 0 Å². The van der Waals surface area contributed by atoms with Crippen molar-refractivity contribution in [3.05, 3.63) is 35.4 Å². The van der Waals surface area contributed by atoms with Gasteiger partial charge in [-0.3, -0.25) is 10.2 Å². The number of carbonyl (C=O) groups excluding carboxylic acids is 1. The molecule has 1 rings (SSSR count). The van der Waals surface area contributed by atoms with Crippen molar-refractivity contribution in [3.63, 3.8) is 0 Å². The Morgan fingerprint density at radius 2 is 1.64 bits per heavy atom. The van der Waals surface area contributed by atoms with E-state index in [9.17, 15) is 4.79 Å². The number of nitrogens with one attached hydrogen (secondary N) is 1. The minimum Gasteiger partial charge on any atom is -0.384 e. The molecule has 0 aromatic heterocycles. The second-order valence-electron chi connectivity index (χ2n) is 3.19.